The molecule has 0 saturated carbocycles. The molecule has 3 rings (SSSR count). The summed E-state index contributed by atoms with van der Waals surface area (Å²) in [4.78, 5) is 4.31. The zero-order chi connectivity index (χ0) is 13.2. The standard InChI is InChI=1S/C14H10FN3O/c15-11-3-1-2-10(8-11)14-16-13(17-18-14)9-4-6-12(19)7-5-9/h1-8,19H,(H,16,17,18). The van der Waals surface area contributed by atoms with Gasteiger partial charge >= 0.3 is 0 Å². The van der Waals surface area contributed by atoms with E-state index in [1.54, 1.807) is 36.4 Å². The van der Waals surface area contributed by atoms with Crippen LogP contribution in [-0.4, -0.2) is 20.3 Å². The van der Waals surface area contributed by atoms with Crippen LogP contribution in [0.25, 0.3) is 22.8 Å². The lowest BCUT2D eigenvalue weighted by Gasteiger charge is -1.96. The van der Waals surface area contributed by atoms with E-state index >= 15 is 0 Å². The summed E-state index contributed by atoms with van der Waals surface area (Å²) >= 11 is 0. The van der Waals surface area contributed by atoms with Crippen LogP contribution >= 0.6 is 0 Å². The van der Waals surface area contributed by atoms with Gasteiger partial charge in [0.25, 0.3) is 0 Å². The molecule has 0 atom stereocenters. The van der Waals surface area contributed by atoms with Crippen LogP contribution in [0.2, 0.25) is 0 Å². The second-order valence-corrected chi connectivity index (χ2v) is 4.06. The molecule has 5 heteroatoms. The van der Waals surface area contributed by atoms with Crippen molar-refractivity contribution in [3.8, 4) is 28.5 Å². The van der Waals surface area contributed by atoms with Crippen LogP contribution in [0.5, 0.6) is 5.75 Å². The van der Waals surface area contributed by atoms with E-state index in [1.807, 2.05) is 0 Å². The van der Waals surface area contributed by atoms with E-state index < -0.39 is 0 Å². The van der Waals surface area contributed by atoms with Crippen molar-refractivity contribution in [3.05, 3.63) is 54.3 Å². The van der Waals surface area contributed by atoms with Gasteiger partial charge in [-0.25, -0.2) is 9.37 Å². The van der Waals surface area contributed by atoms with Crippen molar-refractivity contribution < 1.29 is 9.50 Å². The number of nitrogens with zero attached hydrogens (tertiary/aromatic N) is 2. The maximum atomic E-state index is 13.1. The zero-order valence-corrected chi connectivity index (χ0v) is 9.84. The monoisotopic (exact) mass is 255 g/mol. The Balaban J connectivity index is 1.97. The Bertz CT molecular complexity index is 707. The number of halogens is 1. The lowest BCUT2D eigenvalue weighted by atomic mass is 10.2. The molecule has 0 spiro atoms. The smallest absolute Gasteiger partial charge is 0.181 e. The highest BCUT2D eigenvalue weighted by Crippen LogP contribution is 2.22. The van der Waals surface area contributed by atoms with Crippen LogP contribution in [-0.2, 0) is 0 Å². The number of hydrogen-bond acceptors (Lipinski definition) is 3. The Labute approximate surface area is 108 Å². The Morgan fingerprint density at radius 1 is 1.00 bits per heavy atom. The van der Waals surface area contributed by atoms with E-state index in [2.05, 4.69) is 15.2 Å². The summed E-state index contributed by atoms with van der Waals surface area (Å²) < 4.78 is 13.1. The van der Waals surface area contributed by atoms with Crippen molar-refractivity contribution in [2.45, 2.75) is 0 Å². The van der Waals surface area contributed by atoms with E-state index in [4.69, 9.17) is 0 Å². The highest BCUT2D eigenvalue weighted by molar-refractivity contribution is 5.61. The van der Waals surface area contributed by atoms with Gasteiger partial charge in [-0.1, -0.05) is 12.1 Å². The number of hydrogen-bond donors (Lipinski definition) is 2. The quantitative estimate of drug-likeness (QED) is 0.740. The summed E-state index contributed by atoms with van der Waals surface area (Å²) in [6, 6.07) is 12.7. The SMILES string of the molecule is Oc1ccc(-c2nc(-c3cccc(F)c3)n[nH]2)cc1. The maximum absolute atomic E-state index is 13.1. The van der Waals surface area contributed by atoms with Gasteiger partial charge in [0.15, 0.2) is 11.6 Å². The van der Waals surface area contributed by atoms with E-state index in [9.17, 15) is 9.50 Å². The molecule has 3 aromatic rings. The van der Waals surface area contributed by atoms with E-state index in [-0.39, 0.29) is 11.6 Å². The largest absolute Gasteiger partial charge is 0.508 e. The summed E-state index contributed by atoms with van der Waals surface area (Å²) in [7, 11) is 0. The Morgan fingerprint density at radius 2 is 1.79 bits per heavy atom. The fourth-order valence-corrected chi connectivity index (χ4v) is 1.77. The lowest BCUT2D eigenvalue weighted by molar-refractivity contribution is 0.475. The third-order valence-corrected chi connectivity index (χ3v) is 2.71. The minimum Gasteiger partial charge on any atom is -0.508 e. The molecule has 1 heterocycles. The summed E-state index contributed by atoms with van der Waals surface area (Å²) in [5.74, 6) is 0.865. The second-order valence-electron chi connectivity index (χ2n) is 4.06. The number of benzene rings is 2. The molecule has 0 amide bonds. The van der Waals surface area contributed by atoms with Gasteiger partial charge in [0.05, 0.1) is 0 Å². The highest BCUT2D eigenvalue weighted by Gasteiger charge is 2.08. The number of rotatable bonds is 2. The first-order valence-corrected chi connectivity index (χ1v) is 5.70. The molecule has 94 valence electrons. The Kier molecular flexibility index (Phi) is 2.72. The molecular weight excluding hydrogens is 245 g/mol. The summed E-state index contributed by atoms with van der Waals surface area (Å²) in [6.45, 7) is 0. The number of nitrogens with one attached hydrogen (secondary N) is 1. The number of phenolic OH excluding ortho intramolecular Hbond substituents is 1. The fraction of sp³-hybridized carbons (Fsp3) is 0. The highest BCUT2D eigenvalue weighted by atomic mass is 19.1. The normalized spacial score (nSPS) is 10.6. The molecule has 0 aliphatic heterocycles. The topological polar surface area (TPSA) is 61.8 Å². The van der Waals surface area contributed by atoms with Gasteiger partial charge < -0.3 is 5.11 Å². The third kappa shape index (κ3) is 2.30. The fourth-order valence-electron chi connectivity index (χ4n) is 1.77. The molecule has 4 nitrogen and oxygen atoms in total. The molecule has 0 aliphatic carbocycles. The maximum Gasteiger partial charge on any atom is 0.181 e. The first-order valence-electron chi connectivity index (χ1n) is 5.70. The summed E-state index contributed by atoms with van der Waals surface area (Å²) in [5, 5.41) is 16.1. The Hall–Kier alpha value is -2.69. The first-order chi connectivity index (χ1) is 9.22. The molecule has 0 bridgehead atoms. The van der Waals surface area contributed by atoms with Gasteiger partial charge in [-0.05, 0) is 36.4 Å². The first kappa shape index (κ1) is 11.4. The van der Waals surface area contributed by atoms with E-state index in [0.717, 1.165) is 5.56 Å². The Morgan fingerprint density at radius 3 is 2.53 bits per heavy atom. The predicted molar refractivity (Wildman–Crippen MR) is 68.9 cm³/mol. The van der Waals surface area contributed by atoms with Crippen LogP contribution in [0.15, 0.2) is 48.5 Å². The molecule has 2 N–H and O–H groups in total. The number of aromatic amines is 1. The molecule has 0 aliphatic rings. The van der Waals surface area contributed by atoms with Crippen molar-refractivity contribution in [1.82, 2.24) is 15.2 Å². The van der Waals surface area contributed by atoms with Crippen LogP contribution in [0.1, 0.15) is 0 Å². The minimum absolute atomic E-state index is 0.189. The average Bonchev–Trinajstić information content (AvgIpc) is 2.89. The van der Waals surface area contributed by atoms with Gasteiger partial charge in [-0.15, -0.1) is 0 Å². The van der Waals surface area contributed by atoms with E-state index in [0.29, 0.717) is 17.2 Å². The lowest BCUT2D eigenvalue weighted by Crippen LogP contribution is -1.82. The van der Waals surface area contributed by atoms with Gasteiger partial charge in [0, 0.05) is 11.1 Å². The van der Waals surface area contributed by atoms with Crippen molar-refractivity contribution in [2.75, 3.05) is 0 Å². The van der Waals surface area contributed by atoms with Gasteiger partial charge in [0.2, 0.25) is 0 Å². The van der Waals surface area contributed by atoms with Crippen LogP contribution < -0.4 is 0 Å². The molecule has 0 unspecified atom stereocenters. The van der Waals surface area contributed by atoms with Crippen LogP contribution in [0, 0.1) is 5.82 Å². The molecule has 19 heavy (non-hydrogen) atoms. The molecule has 0 fully saturated rings. The van der Waals surface area contributed by atoms with Crippen LogP contribution in [0.3, 0.4) is 0 Å². The van der Waals surface area contributed by atoms with Gasteiger partial charge in [-0.2, -0.15) is 5.10 Å². The predicted octanol–water partition coefficient (Wildman–Crippen LogP) is 2.98. The van der Waals surface area contributed by atoms with E-state index in [1.165, 1.54) is 12.1 Å². The minimum atomic E-state index is -0.325. The van der Waals surface area contributed by atoms with Crippen LogP contribution in [0.4, 0.5) is 4.39 Å². The summed E-state index contributed by atoms with van der Waals surface area (Å²) in [6.07, 6.45) is 0. The molecule has 0 saturated heterocycles. The zero-order valence-electron chi connectivity index (χ0n) is 9.84. The van der Waals surface area contributed by atoms with Crippen molar-refractivity contribution in [1.29, 1.82) is 0 Å². The number of H-pyrrole nitrogens is 1. The van der Waals surface area contributed by atoms with Crippen molar-refractivity contribution in [2.24, 2.45) is 0 Å². The number of aromatic hydroxyl groups is 1. The van der Waals surface area contributed by atoms with Crippen molar-refractivity contribution in [3.63, 3.8) is 0 Å². The molecule has 0 radical (unpaired) electrons. The number of phenols is 1. The van der Waals surface area contributed by atoms with Gasteiger partial charge in [0.1, 0.15) is 11.6 Å². The molecule has 1 aromatic heterocycles. The molecule has 2 aromatic carbocycles. The summed E-state index contributed by atoms with van der Waals surface area (Å²) in [5.41, 5.74) is 1.41. The second kappa shape index (κ2) is 4.53. The average molecular weight is 255 g/mol. The van der Waals surface area contributed by atoms with Crippen molar-refractivity contribution >= 4 is 0 Å². The van der Waals surface area contributed by atoms with Gasteiger partial charge in [-0.3, -0.25) is 5.10 Å². The molecular formula is C14H10FN3O. The number of aromatic nitrogens is 3. The third-order valence-electron chi connectivity index (χ3n) is 2.71.